The topological polar surface area (TPSA) is 111 Å². The Labute approximate surface area is 265 Å². The molecular formula is C40H28N2O4. The molecule has 6 nitrogen and oxygen atoms in total. The van der Waals surface area contributed by atoms with E-state index in [1.54, 1.807) is 24.3 Å². The second-order valence-corrected chi connectivity index (χ2v) is 10.8. The van der Waals surface area contributed by atoms with Crippen LogP contribution in [0.25, 0.3) is 32.7 Å². The van der Waals surface area contributed by atoms with Crippen molar-refractivity contribution in [3.63, 3.8) is 0 Å². The summed E-state index contributed by atoms with van der Waals surface area (Å²) in [6.45, 7) is 0. The Morgan fingerprint density at radius 3 is 1.63 bits per heavy atom. The number of anilines is 2. The van der Waals surface area contributed by atoms with E-state index in [9.17, 15) is 10.2 Å². The zero-order valence-corrected chi connectivity index (χ0v) is 24.6. The van der Waals surface area contributed by atoms with E-state index in [1.165, 1.54) is 12.1 Å². The Balaban J connectivity index is 1.46. The summed E-state index contributed by atoms with van der Waals surface area (Å²) in [4.78, 5) is 0. The van der Waals surface area contributed by atoms with Crippen molar-refractivity contribution in [1.82, 2.24) is 0 Å². The number of fused-ring (bicyclic) bond motifs is 2. The molecule has 7 rings (SSSR count). The molecule has 6 N–H and O–H groups in total. The molecule has 0 unspecified atom stereocenters. The van der Waals surface area contributed by atoms with Crippen molar-refractivity contribution < 1.29 is 19.7 Å². The number of phenolic OH excluding ortho intramolecular Hbond substituents is 2. The van der Waals surface area contributed by atoms with Crippen LogP contribution in [0, 0.1) is 11.8 Å². The van der Waals surface area contributed by atoms with Gasteiger partial charge in [0.25, 0.3) is 0 Å². The van der Waals surface area contributed by atoms with Gasteiger partial charge in [0.1, 0.15) is 34.5 Å². The van der Waals surface area contributed by atoms with Gasteiger partial charge in [-0.1, -0.05) is 72.5 Å². The summed E-state index contributed by atoms with van der Waals surface area (Å²) in [7, 11) is 0. The zero-order valence-electron chi connectivity index (χ0n) is 24.6. The van der Waals surface area contributed by atoms with Crippen molar-refractivity contribution >= 4 is 32.9 Å². The minimum absolute atomic E-state index is 0.0184. The number of hydrogen-bond donors (Lipinski definition) is 4. The van der Waals surface area contributed by atoms with Crippen molar-refractivity contribution in [2.75, 3.05) is 11.5 Å². The second kappa shape index (κ2) is 11.8. The Morgan fingerprint density at radius 1 is 0.457 bits per heavy atom. The van der Waals surface area contributed by atoms with Gasteiger partial charge in [-0.05, 0) is 82.2 Å². The van der Waals surface area contributed by atoms with Crippen molar-refractivity contribution in [1.29, 1.82) is 0 Å². The SMILES string of the molecule is Nc1cc(Oc2ccc3ccccc3c2-c2c(Oc3ccc(O)c(N)c3)ccc3cc(C#Cc4ccccc4)ccc23)ccc1O. The summed E-state index contributed by atoms with van der Waals surface area (Å²) in [5, 5.41) is 23.9. The molecule has 0 amide bonds. The lowest BCUT2D eigenvalue weighted by atomic mass is 9.91. The summed E-state index contributed by atoms with van der Waals surface area (Å²) < 4.78 is 13.0. The number of benzene rings is 7. The minimum Gasteiger partial charge on any atom is -0.506 e. The first-order valence-corrected chi connectivity index (χ1v) is 14.6. The molecule has 0 bridgehead atoms. The minimum atomic E-state index is -0.0202. The van der Waals surface area contributed by atoms with Crippen molar-refractivity contribution in [3.8, 4) is 57.5 Å². The normalized spacial score (nSPS) is 10.8. The highest BCUT2D eigenvalue weighted by Gasteiger charge is 2.21. The third kappa shape index (κ3) is 5.57. The van der Waals surface area contributed by atoms with Crippen molar-refractivity contribution in [2.45, 2.75) is 0 Å². The van der Waals surface area contributed by atoms with Gasteiger partial charge in [0.05, 0.1) is 11.4 Å². The highest BCUT2D eigenvalue weighted by molar-refractivity contribution is 6.10. The number of aromatic hydroxyl groups is 2. The van der Waals surface area contributed by atoms with Gasteiger partial charge in [-0.2, -0.15) is 0 Å². The number of nitrogen functional groups attached to an aromatic ring is 2. The molecule has 0 saturated heterocycles. The first kappa shape index (κ1) is 28.2. The van der Waals surface area contributed by atoms with Gasteiger partial charge in [0.2, 0.25) is 0 Å². The van der Waals surface area contributed by atoms with E-state index in [0.717, 1.165) is 43.8 Å². The van der Waals surface area contributed by atoms with Crippen LogP contribution in [-0.4, -0.2) is 10.2 Å². The Kier molecular flexibility index (Phi) is 7.26. The fourth-order valence-corrected chi connectivity index (χ4v) is 5.44. The summed E-state index contributed by atoms with van der Waals surface area (Å²) >= 11 is 0. The van der Waals surface area contributed by atoms with Crippen molar-refractivity contribution in [2.24, 2.45) is 0 Å². The molecule has 46 heavy (non-hydrogen) atoms. The molecule has 0 heterocycles. The van der Waals surface area contributed by atoms with Gasteiger partial charge in [-0.3, -0.25) is 0 Å². The Bertz CT molecular complexity index is 2320. The molecule has 0 aliphatic carbocycles. The van der Waals surface area contributed by atoms with Crippen LogP contribution in [0.2, 0.25) is 0 Å². The number of ether oxygens (including phenoxy) is 2. The summed E-state index contributed by atoms with van der Waals surface area (Å²) in [6, 6.07) is 41.4. The highest BCUT2D eigenvalue weighted by atomic mass is 16.5. The average Bonchev–Trinajstić information content (AvgIpc) is 3.08. The third-order valence-electron chi connectivity index (χ3n) is 7.70. The molecule has 0 fully saturated rings. The number of nitrogens with two attached hydrogens (primary N) is 2. The number of phenols is 2. The molecule has 0 aliphatic heterocycles. The lowest BCUT2D eigenvalue weighted by Gasteiger charge is -2.20. The molecule has 0 atom stereocenters. The van der Waals surface area contributed by atoms with Gasteiger partial charge >= 0.3 is 0 Å². The molecule has 0 aliphatic rings. The van der Waals surface area contributed by atoms with Gasteiger partial charge in [-0.25, -0.2) is 0 Å². The maximum Gasteiger partial charge on any atom is 0.138 e. The van der Waals surface area contributed by atoms with E-state index in [2.05, 4.69) is 17.9 Å². The monoisotopic (exact) mass is 600 g/mol. The molecule has 0 aromatic heterocycles. The standard InChI is InChI=1S/C40H28N2O4/c41-33-23-29(15-18-35(33)43)45-37-20-13-27-8-4-5-9-31(27)39(37)40-32-17-12-26(11-10-25-6-2-1-3-7-25)22-28(32)14-21-38(40)46-30-16-19-36(44)34(42)24-30/h1-9,12-24,43-44H,41-42H2. The highest BCUT2D eigenvalue weighted by Crippen LogP contribution is 2.48. The quantitative estimate of drug-likeness (QED) is 0.0890. The predicted molar refractivity (Wildman–Crippen MR) is 184 cm³/mol. The molecule has 7 aromatic carbocycles. The maximum atomic E-state index is 10.0. The predicted octanol–water partition coefficient (Wildman–Crippen LogP) is 9.22. The van der Waals surface area contributed by atoms with E-state index in [-0.39, 0.29) is 22.9 Å². The summed E-state index contributed by atoms with van der Waals surface area (Å²) in [5.41, 5.74) is 15.9. The molecule has 0 saturated carbocycles. The molecule has 7 aromatic rings. The Hall–Kier alpha value is -6.58. The molecule has 222 valence electrons. The zero-order chi connectivity index (χ0) is 31.6. The van der Waals surface area contributed by atoms with E-state index < -0.39 is 0 Å². The average molecular weight is 601 g/mol. The molecule has 0 spiro atoms. The third-order valence-corrected chi connectivity index (χ3v) is 7.70. The van der Waals surface area contributed by atoms with E-state index >= 15 is 0 Å². The van der Waals surface area contributed by atoms with Crippen LogP contribution in [-0.2, 0) is 0 Å². The fraction of sp³-hybridized carbons (Fsp3) is 0. The summed E-state index contributed by atoms with van der Waals surface area (Å²) in [6.07, 6.45) is 0. The van der Waals surface area contributed by atoms with Crippen LogP contribution in [0.3, 0.4) is 0 Å². The maximum absolute atomic E-state index is 10.0. The van der Waals surface area contributed by atoms with Gasteiger partial charge < -0.3 is 31.2 Å². The van der Waals surface area contributed by atoms with Crippen LogP contribution < -0.4 is 20.9 Å². The fourth-order valence-electron chi connectivity index (χ4n) is 5.44. The first-order valence-electron chi connectivity index (χ1n) is 14.6. The molecular weight excluding hydrogens is 572 g/mol. The van der Waals surface area contributed by atoms with Gasteiger partial charge in [0, 0.05) is 34.4 Å². The van der Waals surface area contributed by atoms with Gasteiger partial charge in [0.15, 0.2) is 0 Å². The van der Waals surface area contributed by atoms with Gasteiger partial charge in [-0.15, -0.1) is 0 Å². The first-order chi connectivity index (χ1) is 22.4. The largest absolute Gasteiger partial charge is 0.506 e. The second-order valence-electron chi connectivity index (χ2n) is 10.8. The van der Waals surface area contributed by atoms with Crippen LogP contribution in [0.4, 0.5) is 11.4 Å². The lowest BCUT2D eigenvalue weighted by molar-refractivity contribution is 0.465. The smallest absolute Gasteiger partial charge is 0.138 e. The van der Waals surface area contributed by atoms with E-state index in [4.69, 9.17) is 20.9 Å². The molecule has 6 heteroatoms. The number of hydrogen-bond acceptors (Lipinski definition) is 6. The van der Waals surface area contributed by atoms with Crippen LogP contribution in [0.5, 0.6) is 34.5 Å². The molecule has 0 radical (unpaired) electrons. The van der Waals surface area contributed by atoms with Crippen LogP contribution in [0.1, 0.15) is 11.1 Å². The summed E-state index contributed by atoms with van der Waals surface area (Å²) in [5.74, 6) is 8.56. The lowest BCUT2D eigenvalue weighted by Crippen LogP contribution is -1.96. The van der Waals surface area contributed by atoms with E-state index in [1.807, 2.05) is 91.0 Å². The van der Waals surface area contributed by atoms with Crippen LogP contribution >= 0.6 is 0 Å². The van der Waals surface area contributed by atoms with E-state index in [0.29, 0.717) is 23.0 Å². The van der Waals surface area contributed by atoms with Crippen LogP contribution in [0.15, 0.2) is 133 Å². The number of rotatable bonds is 5. The van der Waals surface area contributed by atoms with Crippen molar-refractivity contribution in [3.05, 3.63) is 145 Å². The Morgan fingerprint density at radius 2 is 1.00 bits per heavy atom.